The van der Waals surface area contributed by atoms with E-state index in [1.54, 1.807) is 0 Å². The molecule has 0 saturated carbocycles. The largest absolute Gasteiger partial charge is 0.416 e. The van der Waals surface area contributed by atoms with Crippen LogP contribution in [0.4, 0.5) is 13.2 Å². The summed E-state index contributed by atoms with van der Waals surface area (Å²) in [6.45, 7) is 1.99. The molecule has 2 aromatic rings. The third kappa shape index (κ3) is 4.33. The van der Waals surface area contributed by atoms with Crippen molar-refractivity contribution >= 4 is 0 Å². The van der Waals surface area contributed by atoms with Crippen molar-refractivity contribution in [2.75, 3.05) is 0 Å². The maximum absolute atomic E-state index is 12.6. The summed E-state index contributed by atoms with van der Waals surface area (Å²) in [4.78, 5) is 0. The molecule has 0 spiro atoms. The van der Waals surface area contributed by atoms with Crippen LogP contribution in [-0.4, -0.2) is 5.11 Å². The third-order valence-corrected chi connectivity index (χ3v) is 3.43. The van der Waals surface area contributed by atoms with Crippen LogP contribution < -0.4 is 0 Å². The van der Waals surface area contributed by atoms with E-state index in [1.807, 2.05) is 31.2 Å². The fourth-order valence-electron chi connectivity index (χ4n) is 2.15. The van der Waals surface area contributed by atoms with Crippen LogP contribution in [0.1, 0.15) is 34.8 Å². The van der Waals surface area contributed by atoms with Crippen LogP contribution >= 0.6 is 0 Å². The van der Waals surface area contributed by atoms with Gasteiger partial charge in [-0.3, -0.25) is 0 Å². The molecule has 0 bridgehead atoms. The van der Waals surface area contributed by atoms with E-state index in [0.29, 0.717) is 18.4 Å². The summed E-state index contributed by atoms with van der Waals surface area (Å²) in [5.41, 5.74) is 1.79. The Labute approximate surface area is 122 Å². The van der Waals surface area contributed by atoms with Crippen molar-refractivity contribution in [1.29, 1.82) is 0 Å². The number of halogens is 3. The average molecular weight is 294 g/mol. The number of hydrogen-bond donors (Lipinski definition) is 1. The van der Waals surface area contributed by atoms with Crippen LogP contribution in [0.3, 0.4) is 0 Å². The highest BCUT2D eigenvalue weighted by Crippen LogP contribution is 2.31. The molecule has 0 aliphatic heterocycles. The van der Waals surface area contributed by atoms with Gasteiger partial charge in [0.15, 0.2) is 0 Å². The van der Waals surface area contributed by atoms with E-state index in [4.69, 9.17) is 0 Å². The summed E-state index contributed by atoms with van der Waals surface area (Å²) in [7, 11) is 0. The van der Waals surface area contributed by atoms with Gasteiger partial charge in [0, 0.05) is 0 Å². The zero-order valence-corrected chi connectivity index (χ0v) is 11.7. The molecule has 0 aliphatic rings. The van der Waals surface area contributed by atoms with Gasteiger partial charge in [0.2, 0.25) is 0 Å². The molecule has 0 amide bonds. The molecule has 4 heteroatoms. The predicted molar refractivity (Wildman–Crippen MR) is 75.9 cm³/mol. The Bertz CT molecular complexity index is 588. The maximum Gasteiger partial charge on any atom is 0.416 e. The van der Waals surface area contributed by atoms with E-state index in [2.05, 4.69) is 0 Å². The molecule has 0 saturated heterocycles. The molecule has 0 fully saturated rings. The van der Waals surface area contributed by atoms with Crippen molar-refractivity contribution in [2.24, 2.45) is 0 Å². The first-order valence-corrected chi connectivity index (χ1v) is 6.77. The minimum atomic E-state index is -4.38. The Morgan fingerprint density at radius 1 is 1.05 bits per heavy atom. The summed E-state index contributed by atoms with van der Waals surface area (Å²) in [6.07, 6.45) is -4.26. The van der Waals surface area contributed by atoms with E-state index in [0.717, 1.165) is 23.3 Å². The molecule has 112 valence electrons. The molecule has 2 rings (SSSR count). The van der Waals surface area contributed by atoms with E-state index in [9.17, 15) is 18.3 Å². The molecule has 1 atom stereocenters. The summed E-state index contributed by atoms with van der Waals surface area (Å²) < 4.78 is 37.9. The predicted octanol–water partition coefficient (Wildman–Crippen LogP) is 4.68. The van der Waals surface area contributed by atoms with Crippen molar-refractivity contribution in [1.82, 2.24) is 0 Å². The van der Waals surface area contributed by atoms with E-state index in [1.165, 1.54) is 12.1 Å². The molecule has 0 heterocycles. The van der Waals surface area contributed by atoms with Gasteiger partial charge < -0.3 is 5.11 Å². The van der Waals surface area contributed by atoms with Gasteiger partial charge in [-0.15, -0.1) is 0 Å². The van der Waals surface area contributed by atoms with Crippen molar-refractivity contribution < 1.29 is 18.3 Å². The first kappa shape index (κ1) is 15.6. The minimum absolute atomic E-state index is 0.303. The molecule has 21 heavy (non-hydrogen) atoms. The van der Waals surface area contributed by atoms with Crippen LogP contribution in [0.5, 0.6) is 0 Å². The number of hydrogen-bond acceptors (Lipinski definition) is 1. The smallest absolute Gasteiger partial charge is 0.388 e. The summed E-state index contributed by atoms with van der Waals surface area (Å²) >= 11 is 0. The molecule has 0 aliphatic carbocycles. The van der Waals surface area contributed by atoms with E-state index < -0.39 is 17.8 Å². The zero-order chi connectivity index (χ0) is 15.5. The summed E-state index contributed by atoms with van der Waals surface area (Å²) in [6, 6.07) is 12.8. The molecule has 0 radical (unpaired) electrons. The fourth-order valence-corrected chi connectivity index (χ4v) is 2.15. The fraction of sp³-hybridized carbons (Fsp3) is 0.294. The van der Waals surface area contributed by atoms with Crippen molar-refractivity contribution in [3.05, 3.63) is 70.8 Å². The highest BCUT2D eigenvalue weighted by atomic mass is 19.4. The lowest BCUT2D eigenvalue weighted by molar-refractivity contribution is -0.137. The van der Waals surface area contributed by atoms with Crippen LogP contribution in [0, 0.1) is 6.92 Å². The second-order valence-corrected chi connectivity index (χ2v) is 5.16. The molecule has 1 unspecified atom stereocenters. The Morgan fingerprint density at radius 2 is 1.71 bits per heavy atom. The molecule has 2 aromatic carbocycles. The zero-order valence-electron chi connectivity index (χ0n) is 11.7. The van der Waals surface area contributed by atoms with Crippen molar-refractivity contribution in [3.8, 4) is 0 Å². The van der Waals surface area contributed by atoms with Gasteiger partial charge in [-0.05, 0) is 43.0 Å². The van der Waals surface area contributed by atoms with Gasteiger partial charge in [-0.2, -0.15) is 13.2 Å². The standard InChI is InChI=1S/C17H17F3O/c1-12-5-7-13(8-6-12)9-10-16(21)14-3-2-4-15(11-14)17(18,19)20/h2-8,11,16,21H,9-10H2,1H3. The lowest BCUT2D eigenvalue weighted by Gasteiger charge is -2.14. The third-order valence-electron chi connectivity index (χ3n) is 3.43. The molecular weight excluding hydrogens is 277 g/mol. The number of aryl methyl sites for hydroxylation is 2. The molecule has 0 aromatic heterocycles. The van der Waals surface area contributed by atoms with E-state index in [-0.39, 0.29) is 0 Å². The Kier molecular flexibility index (Phi) is 4.68. The van der Waals surface area contributed by atoms with Gasteiger partial charge in [0.05, 0.1) is 11.7 Å². The topological polar surface area (TPSA) is 20.2 Å². The number of alkyl halides is 3. The van der Waals surface area contributed by atoms with Gasteiger partial charge in [0.1, 0.15) is 0 Å². The summed E-state index contributed by atoms with van der Waals surface area (Å²) in [5, 5.41) is 10.1. The average Bonchev–Trinajstić information content (AvgIpc) is 2.45. The van der Waals surface area contributed by atoms with Gasteiger partial charge in [-0.25, -0.2) is 0 Å². The van der Waals surface area contributed by atoms with Crippen LogP contribution in [0.25, 0.3) is 0 Å². The second-order valence-electron chi connectivity index (χ2n) is 5.16. The first-order chi connectivity index (χ1) is 9.86. The van der Waals surface area contributed by atoms with Gasteiger partial charge >= 0.3 is 6.18 Å². The number of benzene rings is 2. The highest BCUT2D eigenvalue weighted by Gasteiger charge is 2.30. The van der Waals surface area contributed by atoms with Crippen LogP contribution in [-0.2, 0) is 12.6 Å². The Morgan fingerprint density at radius 3 is 2.33 bits per heavy atom. The highest BCUT2D eigenvalue weighted by molar-refractivity contribution is 5.27. The van der Waals surface area contributed by atoms with Crippen LogP contribution in [0.15, 0.2) is 48.5 Å². The molecule has 1 N–H and O–H groups in total. The first-order valence-electron chi connectivity index (χ1n) is 6.77. The maximum atomic E-state index is 12.6. The quantitative estimate of drug-likeness (QED) is 0.868. The SMILES string of the molecule is Cc1ccc(CCC(O)c2cccc(C(F)(F)F)c2)cc1. The second kappa shape index (κ2) is 6.31. The lowest BCUT2D eigenvalue weighted by Crippen LogP contribution is -2.07. The monoisotopic (exact) mass is 294 g/mol. The van der Waals surface area contributed by atoms with Gasteiger partial charge in [-0.1, -0.05) is 42.0 Å². The number of aliphatic hydroxyl groups is 1. The number of aliphatic hydroxyl groups excluding tert-OH is 1. The normalized spacial score (nSPS) is 13.2. The molecule has 1 nitrogen and oxygen atoms in total. The van der Waals surface area contributed by atoms with E-state index >= 15 is 0 Å². The van der Waals surface area contributed by atoms with Crippen LogP contribution in [0.2, 0.25) is 0 Å². The van der Waals surface area contributed by atoms with Gasteiger partial charge in [0.25, 0.3) is 0 Å². The summed E-state index contributed by atoms with van der Waals surface area (Å²) in [5.74, 6) is 0. The van der Waals surface area contributed by atoms with Crippen molar-refractivity contribution in [3.63, 3.8) is 0 Å². The number of rotatable bonds is 4. The minimum Gasteiger partial charge on any atom is -0.388 e. The Hall–Kier alpha value is -1.81. The Balaban J connectivity index is 2.03. The molecular formula is C17H17F3O. The lowest BCUT2D eigenvalue weighted by atomic mass is 9.99. The van der Waals surface area contributed by atoms with Crippen molar-refractivity contribution in [2.45, 2.75) is 32.0 Å².